The standard InChI is InChI=1S/C23H33NO2/c1-7-14-22(4,5)16-21-23(6,15-13-20(26-21)17(3)25)24-19-12-10-9-11-18(19)8-2/h7-12,20-21,24H,1-2,13-16H2,3-6H3/t20-,21-,23+/m0/s1. The van der Waals surface area contributed by atoms with E-state index in [2.05, 4.69) is 51.4 Å². The van der Waals surface area contributed by atoms with Gasteiger partial charge in [-0.1, -0.05) is 50.8 Å². The third-order valence-corrected chi connectivity index (χ3v) is 5.45. The highest BCUT2D eigenvalue weighted by atomic mass is 16.5. The van der Waals surface area contributed by atoms with E-state index < -0.39 is 0 Å². The van der Waals surface area contributed by atoms with E-state index >= 15 is 0 Å². The van der Waals surface area contributed by atoms with E-state index in [1.54, 1.807) is 6.92 Å². The lowest BCUT2D eigenvalue weighted by atomic mass is 9.74. The van der Waals surface area contributed by atoms with Crippen LogP contribution in [0.1, 0.15) is 58.9 Å². The number of Topliss-reactive ketones (excluding diaryl/α,β-unsaturated/α-hetero) is 1. The monoisotopic (exact) mass is 355 g/mol. The van der Waals surface area contributed by atoms with Crippen molar-refractivity contribution in [3.63, 3.8) is 0 Å². The summed E-state index contributed by atoms with van der Waals surface area (Å²) in [7, 11) is 0. The molecule has 3 atom stereocenters. The van der Waals surface area contributed by atoms with E-state index in [0.717, 1.165) is 36.9 Å². The predicted molar refractivity (Wildman–Crippen MR) is 110 cm³/mol. The number of benzene rings is 1. The second-order valence-electron chi connectivity index (χ2n) is 8.46. The Labute approximate surface area is 158 Å². The molecule has 3 nitrogen and oxygen atoms in total. The number of allylic oxidation sites excluding steroid dienone is 1. The molecule has 0 radical (unpaired) electrons. The summed E-state index contributed by atoms with van der Waals surface area (Å²) in [6.07, 6.45) is 6.87. The van der Waals surface area contributed by atoms with Gasteiger partial charge in [-0.15, -0.1) is 6.58 Å². The van der Waals surface area contributed by atoms with Crippen molar-refractivity contribution in [1.29, 1.82) is 0 Å². The minimum absolute atomic E-state index is 0.0574. The molecule has 0 saturated carbocycles. The molecule has 0 amide bonds. The zero-order chi connectivity index (χ0) is 19.4. The molecule has 2 rings (SSSR count). The van der Waals surface area contributed by atoms with Crippen LogP contribution < -0.4 is 5.32 Å². The van der Waals surface area contributed by atoms with E-state index in [1.165, 1.54) is 0 Å². The molecule has 1 saturated heterocycles. The van der Waals surface area contributed by atoms with Crippen LogP contribution in [0.5, 0.6) is 0 Å². The van der Waals surface area contributed by atoms with Crippen LogP contribution in [-0.4, -0.2) is 23.5 Å². The highest BCUT2D eigenvalue weighted by molar-refractivity contribution is 5.80. The van der Waals surface area contributed by atoms with Gasteiger partial charge in [0.2, 0.25) is 0 Å². The van der Waals surface area contributed by atoms with Crippen molar-refractivity contribution in [3.8, 4) is 0 Å². The Bertz CT molecular complexity index is 664. The third-order valence-electron chi connectivity index (χ3n) is 5.45. The van der Waals surface area contributed by atoms with Crippen LogP contribution in [0.25, 0.3) is 6.08 Å². The summed E-state index contributed by atoms with van der Waals surface area (Å²) in [6.45, 7) is 16.1. The van der Waals surface area contributed by atoms with Crippen LogP contribution in [-0.2, 0) is 9.53 Å². The Morgan fingerprint density at radius 1 is 1.38 bits per heavy atom. The van der Waals surface area contributed by atoms with Gasteiger partial charge in [0, 0.05) is 5.69 Å². The fraction of sp³-hybridized carbons (Fsp3) is 0.522. The first kappa shape index (κ1) is 20.4. The van der Waals surface area contributed by atoms with Crippen LogP contribution in [0, 0.1) is 5.41 Å². The Morgan fingerprint density at radius 2 is 2.08 bits per heavy atom. The topological polar surface area (TPSA) is 38.3 Å². The van der Waals surface area contributed by atoms with Crippen molar-refractivity contribution >= 4 is 17.5 Å². The second kappa shape index (κ2) is 8.22. The first-order chi connectivity index (χ1) is 12.2. The number of rotatable bonds is 8. The number of para-hydroxylation sites is 1. The van der Waals surface area contributed by atoms with Crippen LogP contribution in [0.15, 0.2) is 43.5 Å². The maximum atomic E-state index is 11.9. The zero-order valence-electron chi connectivity index (χ0n) is 16.7. The normalized spacial score (nSPS) is 26.2. The second-order valence-corrected chi connectivity index (χ2v) is 8.46. The fourth-order valence-corrected chi connectivity index (χ4v) is 3.80. The molecule has 0 aromatic heterocycles. The average Bonchev–Trinajstić information content (AvgIpc) is 2.57. The van der Waals surface area contributed by atoms with Gasteiger partial charge in [-0.3, -0.25) is 4.79 Å². The van der Waals surface area contributed by atoms with Crippen molar-refractivity contribution < 1.29 is 9.53 Å². The molecule has 1 N–H and O–H groups in total. The summed E-state index contributed by atoms with van der Waals surface area (Å²) in [5, 5.41) is 3.72. The Balaban J connectivity index is 2.30. The van der Waals surface area contributed by atoms with Gasteiger partial charge in [-0.05, 0) is 56.6 Å². The first-order valence-corrected chi connectivity index (χ1v) is 9.47. The molecular weight excluding hydrogens is 322 g/mol. The van der Waals surface area contributed by atoms with Gasteiger partial charge in [0.15, 0.2) is 5.78 Å². The summed E-state index contributed by atoms with van der Waals surface area (Å²) in [6, 6.07) is 8.17. The van der Waals surface area contributed by atoms with Gasteiger partial charge in [-0.2, -0.15) is 0 Å². The molecule has 0 bridgehead atoms. The number of carbonyl (C=O) groups excluding carboxylic acids is 1. The maximum Gasteiger partial charge on any atom is 0.158 e. The predicted octanol–water partition coefficient (Wildman–Crippen LogP) is 5.63. The highest BCUT2D eigenvalue weighted by Crippen LogP contribution is 2.40. The SMILES string of the molecule is C=CCC(C)(C)C[C@@H]1O[C@H](C(C)=O)CC[C@@]1(C)Nc1ccccc1C=C. The number of ketones is 1. The van der Waals surface area contributed by atoms with Crippen LogP contribution in [0.3, 0.4) is 0 Å². The molecule has 0 unspecified atom stereocenters. The van der Waals surface area contributed by atoms with Crippen molar-refractivity contribution in [2.45, 2.75) is 71.1 Å². The molecule has 1 heterocycles. The molecule has 142 valence electrons. The summed E-state index contributed by atoms with van der Waals surface area (Å²) >= 11 is 0. The van der Waals surface area contributed by atoms with Gasteiger partial charge in [0.05, 0.1) is 11.6 Å². The lowest BCUT2D eigenvalue weighted by Crippen LogP contribution is -2.55. The molecule has 1 aliphatic rings. The Hall–Kier alpha value is -1.87. The number of carbonyl (C=O) groups is 1. The minimum atomic E-state index is -0.302. The van der Waals surface area contributed by atoms with Gasteiger partial charge in [0.25, 0.3) is 0 Å². The number of hydrogen-bond donors (Lipinski definition) is 1. The van der Waals surface area contributed by atoms with E-state index in [0.29, 0.717) is 0 Å². The number of hydrogen-bond acceptors (Lipinski definition) is 3. The van der Waals surface area contributed by atoms with E-state index in [4.69, 9.17) is 4.74 Å². The summed E-state index contributed by atoms with van der Waals surface area (Å²) < 4.78 is 6.32. The molecule has 1 fully saturated rings. The van der Waals surface area contributed by atoms with Gasteiger partial charge < -0.3 is 10.1 Å². The molecule has 1 aromatic rings. The maximum absolute atomic E-state index is 11.9. The van der Waals surface area contributed by atoms with Crippen molar-refractivity contribution in [2.75, 3.05) is 5.32 Å². The molecule has 3 heteroatoms. The van der Waals surface area contributed by atoms with Crippen molar-refractivity contribution in [2.24, 2.45) is 5.41 Å². The number of anilines is 1. The van der Waals surface area contributed by atoms with Crippen LogP contribution >= 0.6 is 0 Å². The fourth-order valence-electron chi connectivity index (χ4n) is 3.80. The third kappa shape index (κ3) is 4.85. The smallest absolute Gasteiger partial charge is 0.158 e. The molecule has 1 aromatic carbocycles. The highest BCUT2D eigenvalue weighted by Gasteiger charge is 2.44. The molecule has 0 spiro atoms. The molecule has 26 heavy (non-hydrogen) atoms. The van der Waals surface area contributed by atoms with Gasteiger partial charge in [0.1, 0.15) is 6.10 Å². The summed E-state index contributed by atoms with van der Waals surface area (Å²) in [4.78, 5) is 11.9. The lowest BCUT2D eigenvalue weighted by molar-refractivity contribution is -0.145. The largest absolute Gasteiger partial charge is 0.377 e. The van der Waals surface area contributed by atoms with Crippen LogP contribution in [0.4, 0.5) is 5.69 Å². The van der Waals surface area contributed by atoms with E-state index in [1.807, 2.05) is 24.3 Å². The molecular formula is C23H33NO2. The van der Waals surface area contributed by atoms with Crippen molar-refractivity contribution in [3.05, 3.63) is 49.1 Å². The van der Waals surface area contributed by atoms with E-state index in [-0.39, 0.29) is 28.9 Å². The van der Waals surface area contributed by atoms with Crippen LogP contribution in [0.2, 0.25) is 0 Å². The Morgan fingerprint density at radius 3 is 2.69 bits per heavy atom. The number of ether oxygens (including phenoxy) is 1. The number of nitrogens with one attached hydrogen (secondary N) is 1. The zero-order valence-corrected chi connectivity index (χ0v) is 16.7. The summed E-state index contributed by atoms with van der Waals surface area (Å²) in [5.74, 6) is 0.116. The lowest BCUT2D eigenvalue weighted by Gasteiger charge is -2.47. The molecule has 0 aliphatic carbocycles. The quantitative estimate of drug-likeness (QED) is 0.614. The molecule has 1 aliphatic heterocycles. The summed E-state index contributed by atoms with van der Waals surface area (Å²) in [5.41, 5.74) is 1.95. The minimum Gasteiger partial charge on any atom is -0.377 e. The van der Waals surface area contributed by atoms with E-state index in [9.17, 15) is 4.79 Å². The first-order valence-electron chi connectivity index (χ1n) is 9.47. The van der Waals surface area contributed by atoms with Gasteiger partial charge >= 0.3 is 0 Å². The Kier molecular flexibility index (Phi) is 6.46. The van der Waals surface area contributed by atoms with Crippen molar-refractivity contribution in [1.82, 2.24) is 0 Å². The average molecular weight is 356 g/mol. The van der Waals surface area contributed by atoms with Gasteiger partial charge in [-0.25, -0.2) is 0 Å².